The molecule has 2 heterocycles. The smallest absolute Gasteiger partial charge is 0.222 e. The Kier molecular flexibility index (Phi) is 5.25. The van der Waals surface area contributed by atoms with Gasteiger partial charge in [0.2, 0.25) is 11.8 Å². The Labute approximate surface area is 170 Å². The average molecular weight is 388 g/mol. The lowest BCUT2D eigenvalue weighted by Crippen LogP contribution is -2.36. The molecule has 1 aliphatic rings. The van der Waals surface area contributed by atoms with Crippen LogP contribution in [-0.4, -0.2) is 40.3 Å². The molecule has 0 bridgehead atoms. The SMILES string of the molecule is CC(=O)Nc1cc(CC2CCN(C)C(=O)C2)cc(-c2cnc3ccccc3n2)c1. The molecule has 6 heteroatoms. The predicted molar refractivity (Wildman–Crippen MR) is 113 cm³/mol. The summed E-state index contributed by atoms with van der Waals surface area (Å²) in [4.78, 5) is 34.7. The Morgan fingerprint density at radius 2 is 2.00 bits per heavy atom. The van der Waals surface area contributed by atoms with E-state index in [-0.39, 0.29) is 11.8 Å². The highest BCUT2D eigenvalue weighted by molar-refractivity contribution is 5.90. The quantitative estimate of drug-likeness (QED) is 0.740. The van der Waals surface area contributed by atoms with E-state index in [9.17, 15) is 9.59 Å². The highest BCUT2D eigenvalue weighted by atomic mass is 16.2. The molecule has 0 saturated carbocycles. The third-order valence-electron chi connectivity index (χ3n) is 5.34. The van der Waals surface area contributed by atoms with Gasteiger partial charge in [0.1, 0.15) is 0 Å². The van der Waals surface area contributed by atoms with Crippen molar-refractivity contribution in [2.24, 2.45) is 5.92 Å². The Morgan fingerprint density at radius 1 is 1.21 bits per heavy atom. The van der Waals surface area contributed by atoms with Crippen LogP contribution in [0.4, 0.5) is 5.69 Å². The zero-order valence-corrected chi connectivity index (χ0v) is 16.7. The molecule has 1 aromatic heterocycles. The number of nitrogens with zero attached hydrogens (tertiary/aromatic N) is 3. The minimum Gasteiger partial charge on any atom is -0.346 e. The van der Waals surface area contributed by atoms with Crippen molar-refractivity contribution in [3.8, 4) is 11.3 Å². The van der Waals surface area contributed by atoms with Crippen molar-refractivity contribution >= 4 is 28.5 Å². The highest BCUT2D eigenvalue weighted by Crippen LogP contribution is 2.28. The van der Waals surface area contributed by atoms with Crippen LogP contribution in [-0.2, 0) is 16.0 Å². The van der Waals surface area contributed by atoms with Crippen LogP contribution in [0.2, 0.25) is 0 Å². The van der Waals surface area contributed by atoms with E-state index in [1.54, 1.807) is 11.1 Å². The fraction of sp³-hybridized carbons (Fsp3) is 0.304. The van der Waals surface area contributed by atoms with Gasteiger partial charge in [-0.25, -0.2) is 4.98 Å². The zero-order valence-electron chi connectivity index (χ0n) is 16.7. The third kappa shape index (κ3) is 4.42. The molecule has 1 aliphatic heterocycles. The van der Waals surface area contributed by atoms with Crippen molar-refractivity contribution in [3.05, 3.63) is 54.2 Å². The summed E-state index contributed by atoms with van der Waals surface area (Å²) in [5, 5.41) is 2.88. The van der Waals surface area contributed by atoms with Crippen LogP contribution in [0.1, 0.15) is 25.3 Å². The van der Waals surface area contributed by atoms with Crippen LogP contribution in [0.15, 0.2) is 48.7 Å². The number of benzene rings is 2. The molecule has 4 rings (SSSR count). The number of piperidine rings is 1. The Hall–Kier alpha value is -3.28. The topological polar surface area (TPSA) is 75.2 Å². The number of hydrogen-bond acceptors (Lipinski definition) is 4. The monoisotopic (exact) mass is 388 g/mol. The zero-order chi connectivity index (χ0) is 20.4. The Morgan fingerprint density at radius 3 is 2.76 bits per heavy atom. The van der Waals surface area contributed by atoms with Crippen molar-refractivity contribution in [1.82, 2.24) is 14.9 Å². The molecule has 1 N–H and O–H groups in total. The van der Waals surface area contributed by atoms with E-state index in [0.29, 0.717) is 12.3 Å². The minimum atomic E-state index is -0.118. The number of aromatic nitrogens is 2. The molecule has 0 aliphatic carbocycles. The Bertz CT molecular complexity index is 1080. The number of fused-ring (bicyclic) bond motifs is 1. The van der Waals surface area contributed by atoms with E-state index in [4.69, 9.17) is 4.98 Å². The summed E-state index contributed by atoms with van der Waals surface area (Å²) in [6, 6.07) is 13.8. The molecule has 1 fully saturated rings. The normalized spacial score (nSPS) is 16.8. The van der Waals surface area contributed by atoms with Crippen molar-refractivity contribution in [2.45, 2.75) is 26.2 Å². The summed E-state index contributed by atoms with van der Waals surface area (Å²) in [5.74, 6) is 0.383. The summed E-state index contributed by atoms with van der Waals surface area (Å²) in [5.41, 5.74) is 5.17. The first kappa shape index (κ1) is 19.1. The molecule has 0 radical (unpaired) electrons. The second-order valence-electron chi connectivity index (χ2n) is 7.72. The summed E-state index contributed by atoms with van der Waals surface area (Å²) in [6.45, 7) is 2.29. The van der Waals surface area contributed by atoms with Gasteiger partial charge in [-0.2, -0.15) is 0 Å². The average Bonchev–Trinajstić information content (AvgIpc) is 2.70. The van der Waals surface area contributed by atoms with Gasteiger partial charge in [-0.15, -0.1) is 0 Å². The second-order valence-corrected chi connectivity index (χ2v) is 7.72. The van der Waals surface area contributed by atoms with Gasteiger partial charge < -0.3 is 10.2 Å². The van der Waals surface area contributed by atoms with Gasteiger partial charge in [0.05, 0.1) is 22.9 Å². The largest absolute Gasteiger partial charge is 0.346 e. The van der Waals surface area contributed by atoms with E-state index in [1.165, 1.54) is 6.92 Å². The van der Waals surface area contributed by atoms with Gasteiger partial charge in [-0.3, -0.25) is 14.6 Å². The molecule has 2 aromatic carbocycles. The van der Waals surface area contributed by atoms with E-state index in [2.05, 4.69) is 16.4 Å². The van der Waals surface area contributed by atoms with Gasteiger partial charge in [-0.05, 0) is 54.7 Å². The van der Waals surface area contributed by atoms with Crippen LogP contribution in [0.3, 0.4) is 0 Å². The molecule has 148 valence electrons. The summed E-state index contributed by atoms with van der Waals surface area (Å²) < 4.78 is 0. The maximum absolute atomic E-state index is 12.1. The van der Waals surface area contributed by atoms with E-state index in [1.807, 2.05) is 43.4 Å². The highest BCUT2D eigenvalue weighted by Gasteiger charge is 2.23. The molecule has 6 nitrogen and oxygen atoms in total. The predicted octanol–water partition coefficient (Wildman–Crippen LogP) is 3.67. The molecule has 1 unspecified atom stereocenters. The molecule has 1 atom stereocenters. The lowest BCUT2D eigenvalue weighted by atomic mass is 9.89. The van der Waals surface area contributed by atoms with Gasteiger partial charge in [0.25, 0.3) is 0 Å². The fourth-order valence-corrected chi connectivity index (χ4v) is 3.84. The second kappa shape index (κ2) is 7.99. The van der Waals surface area contributed by atoms with Crippen LogP contribution >= 0.6 is 0 Å². The standard InChI is InChI=1S/C23H24N4O2/c1-15(28)25-19-11-17(9-16-7-8-27(2)23(29)12-16)10-18(13-19)22-14-24-20-5-3-4-6-21(20)26-22/h3-6,10-11,13-14,16H,7-9,12H2,1-2H3,(H,25,28). The van der Waals surface area contributed by atoms with Crippen LogP contribution in [0.25, 0.3) is 22.3 Å². The summed E-state index contributed by atoms with van der Waals surface area (Å²) >= 11 is 0. The van der Waals surface area contributed by atoms with Crippen LogP contribution in [0.5, 0.6) is 0 Å². The number of anilines is 1. The van der Waals surface area contributed by atoms with Crippen molar-refractivity contribution in [3.63, 3.8) is 0 Å². The maximum atomic E-state index is 12.1. The van der Waals surface area contributed by atoms with Gasteiger partial charge in [0.15, 0.2) is 0 Å². The number of carbonyl (C=O) groups is 2. The first-order chi connectivity index (χ1) is 14.0. The molecular weight excluding hydrogens is 364 g/mol. The molecule has 2 amide bonds. The lowest BCUT2D eigenvalue weighted by molar-refractivity contribution is -0.133. The lowest BCUT2D eigenvalue weighted by Gasteiger charge is -2.29. The van der Waals surface area contributed by atoms with Gasteiger partial charge in [0, 0.05) is 38.2 Å². The number of likely N-dealkylation sites (tertiary alicyclic amines) is 1. The molecular formula is C23H24N4O2. The first-order valence-corrected chi connectivity index (χ1v) is 9.85. The van der Waals surface area contributed by atoms with Crippen molar-refractivity contribution in [2.75, 3.05) is 18.9 Å². The maximum Gasteiger partial charge on any atom is 0.222 e. The van der Waals surface area contributed by atoms with Crippen LogP contribution in [0, 0.1) is 5.92 Å². The third-order valence-corrected chi connectivity index (χ3v) is 5.34. The number of carbonyl (C=O) groups excluding carboxylic acids is 2. The number of para-hydroxylation sites is 2. The number of nitrogens with one attached hydrogen (secondary N) is 1. The number of amides is 2. The molecule has 3 aromatic rings. The van der Waals surface area contributed by atoms with Crippen LogP contribution < -0.4 is 5.32 Å². The fourth-order valence-electron chi connectivity index (χ4n) is 3.84. The molecule has 1 saturated heterocycles. The van der Waals surface area contributed by atoms with Gasteiger partial charge >= 0.3 is 0 Å². The summed E-state index contributed by atoms with van der Waals surface area (Å²) in [7, 11) is 1.85. The Balaban J connectivity index is 1.68. The van der Waals surface area contributed by atoms with Crippen molar-refractivity contribution < 1.29 is 9.59 Å². The molecule has 0 spiro atoms. The number of hydrogen-bond donors (Lipinski definition) is 1. The van der Waals surface area contributed by atoms with Crippen molar-refractivity contribution in [1.29, 1.82) is 0 Å². The van der Waals surface area contributed by atoms with E-state index >= 15 is 0 Å². The molecule has 29 heavy (non-hydrogen) atoms. The van der Waals surface area contributed by atoms with E-state index < -0.39 is 0 Å². The summed E-state index contributed by atoms with van der Waals surface area (Å²) in [6.07, 6.45) is 4.10. The number of rotatable bonds is 4. The first-order valence-electron chi connectivity index (χ1n) is 9.85. The van der Waals surface area contributed by atoms with Gasteiger partial charge in [-0.1, -0.05) is 12.1 Å². The minimum absolute atomic E-state index is 0.118. The van der Waals surface area contributed by atoms with E-state index in [0.717, 1.165) is 52.9 Å².